The molecule has 0 aliphatic heterocycles. The fraction of sp³-hybridized carbons (Fsp3) is 0.0833. The summed E-state index contributed by atoms with van der Waals surface area (Å²) in [5.74, 6) is -0.974. The molecule has 21 heavy (non-hydrogen) atoms. The van der Waals surface area contributed by atoms with Crippen LogP contribution in [0.1, 0.15) is 17.3 Å². The molecule has 1 N–H and O–H groups in total. The molecule has 1 amide bonds. The Morgan fingerprint density at radius 3 is 2.62 bits per heavy atom. The third-order valence-electron chi connectivity index (χ3n) is 2.28. The Labute approximate surface area is 125 Å². The molecule has 0 spiro atoms. The number of hydrogen-bond donors (Lipinski definition) is 2. The van der Waals surface area contributed by atoms with Gasteiger partial charge in [0.05, 0.1) is 11.8 Å². The van der Waals surface area contributed by atoms with Crippen molar-refractivity contribution in [1.29, 1.82) is 0 Å². The molecule has 0 fully saturated rings. The number of nitrogens with one attached hydrogen (secondary N) is 1. The number of amides is 1. The van der Waals surface area contributed by atoms with E-state index in [-0.39, 0.29) is 20.7 Å². The SMILES string of the molecule is CC(=O)Oc1ccccc1C(=O)Nc1ncc([SH](=O)=O)s1. The number of carbonyl (C=O) groups excluding carboxylic acids is 2. The number of nitrogens with zero attached hydrogens (tertiary/aromatic N) is 1. The maximum Gasteiger partial charge on any atom is 0.308 e. The fourth-order valence-corrected chi connectivity index (χ4v) is 2.73. The molecule has 7 nitrogen and oxygen atoms in total. The van der Waals surface area contributed by atoms with Crippen molar-refractivity contribution in [3.63, 3.8) is 0 Å². The molecule has 1 aromatic heterocycles. The van der Waals surface area contributed by atoms with Gasteiger partial charge in [0.25, 0.3) is 5.91 Å². The average molecular weight is 326 g/mol. The Morgan fingerprint density at radius 1 is 1.29 bits per heavy atom. The first-order valence-electron chi connectivity index (χ1n) is 5.66. The number of hydrogen-bond acceptors (Lipinski definition) is 7. The zero-order valence-electron chi connectivity index (χ0n) is 10.7. The van der Waals surface area contributed by atoms with Crippen LogP contribution in [0.3, 0.4) is 0 Å². The molecule has 2 rings (SSSR count). The van der Waals surface area contributed by atoms with Crippen molar-refractivity contribution in [3.05, 3.63) is 36.0 Å². The first-order valence-corrected chi connectivity index (χ1v) is 7.66. The smallest absolute Gasteiger partial charge is 0.308 e. The van der Waals surface area contributed by atoms with Crippen molar-refractivity contribution in [3.8, 4) is 5.75 Å². The molecule has 0 saturated heterocycles. The Hall–Kier alpha value is -2.26. The third-order valence-corrected chi connectivity index (χ3v) is 4.19. The number of ether oxygens (including phenoxy) is 1. The highest BCUT2D eigenvalue weighted by Gasteiger charge is 2.15. The van der Waals surface area contributed by atoms with Gasteiger partial charge in [-0.1, -0.05) is 23.5 Å². The lowest BCUT2D eigenvalue weighted by molar-refractivity contribution is -0.131. The van der Waals surface area contributed by atoms with E-state index >= 15 is 0 Å². The molecule has 0 saturated carbocycles. The number of anilines is 1. The first-order chi connectivity index (χ1) is 9.97. The van der Waals surface area contributed by atoms with Gasteiger partial charge in [-0.3, -0.25) is 14.9 Å². The second-order valence-corrected chi connectivity index (χ2v) is 6.13. The van der Waals surface area contributed by atoms with Crippen molar-refractivity contribution in [2.24, 2.45) is 0 Å². The number of rotatable bonds is 4. The second-order valence-electron chi connectivity index (χ2n) is 3.80. The van der Waals surface area contributed by atoms with Crippen LogP contribution in [0.25, 0.3) is 0 Å². The van der Waals surface area contributed by atoms with Gasteiger partial charge in [-0.15, -0.1) is 0 Å². The van der Waals surface area contributed by atoms with E-state index in [0.29, 0.717) is 0 Å². The summed E-state index contributed by atoms with van der Waals surface area (Å²) in [7, 11) is -2.74. The normalized spacial score (nSPS) is 10.4. The van der Waals surface area contributed by atoms with E-state index in [1.54, 1.807) is 12.1 Å². The van der Waals surface area contributed by atoms with Crippen LogP contribution in [0, 0.1) is 0 Å². The van der Waals surface area contributed by atoms with E-state index in [1.807, 2.05) is 0 Å². The van der Waals surface area contributed by atoms with Gasteiger partial charge in [-0.25, -0.2) is 13.4 Å². The average Bonchev–Trinajstić information content (AvgIpc) is 2.87. The van der Waals surface area contributed by atoms with Crippen molar-refractivity contribution in [2.75, 3.05) is 5.32 Å². The highest BCUT2D eigenvalue weighted by Crippen LogP contribution is 2.23. The van der Waals surface area contributed by atoms with Gasteiger partial charge in [0, 0.05) is 6.92 Å². The van der Waals surface area contributed by atoms with Crippen LogP contribution >= 0.6 is 11.3 Å². The molecule has 0 radical (unpaired) electrons. The molecule has 0 aliphatic rings. The van der Waals surface area contributed by atoms with Gasteiger partial charge in [0.2, 0.25) is 0 Å². The molecule has 0 bridgehead atoms. The quantitative estimate of drug-likeness (QED) is 0.499. The fourth-order valence-electron chi connectivity index (χ4n) is 1.47. The van der Waals surface area contributed by atoms with Crippen molar-refractivity contribution < 1.29 is 22.7 Å². The van der Waals surface area contributed by atoms with E-state index < -0.39 is 22.6 Å². The summed E-state index contributed by atoms with van der Waals surface area (Å²) < 4.78 is 26.5. The number of aromatic nitrogens is 1. The first kappa shape index (κ1) is 15.1. The van der Waals surface area contributed by atoms with Gasteiger partial charge in [0.1, 0.15) is 9.96 Å². The lowest BCUT2D eigenvalue weighted by atomic mass is 10.2. The van der Waals surface area contributed by atoms with E-state index in [0.717, 1.165) is 17.5 Å². The van der Waals surface area contributed by atoms with Crippen LogP contribution < -0.4 is 10.1 Å². The Bertz CT molecular complexity index is 759. The molecule has 0 unspecified atom stereocenters. The molecule has 9 heteroatoms. The minimum Gasteiger partial charge on any atom is -0.426 e. The van der Waals surface area contributed by atoms with E-state index in [1.165, 1.54) is 19.1 Å². The molecular weight excluding hydrogens is 316 g/mol. The van der Waals surface area contributed by atoms with E-state index in [2.05, 4.69) is 10.3 Å². The van der Waals surface area contributed by atoms with Crippen LogP contribution in [0.4, 0.5) is 5.13 Å². The summed E-state index contributed by atoms with van der Waals surface area (Å²) >= 11 is 0.837. The van der Waals surface area contributed by atoms with Crippen LogP contribution in [0.2, 0.25) is 0 Å². The third kappa shape index (κ3) is 3.86. The standard InChI is InChI=1S/C12H10N2O5S2/c1-7(15)19-9-5-3-2-4-8(9)11(16)14-12-13-6-10(20-12)21(17)18/h2-6,21H,1H3,(H,13,14,16). The molecule has 0 atom stereocenters. The van der Waals surface area contributed by atoms with E-state index in [4.69, 9.17) is 4.74 Å². The summed E-state index contributed by atoms with van der Waals surface area (Å²) in [6.07, 6.45) is 1.16. The van der Waals surface area contributed by atoms with Gasteiger partial charge >= 0.3 is 5.97 Å². The predicted octanol–water partition coefficient (Wildman–Crippen LogP) is 1.29. The summed E-state index contributed by atoms with van der Waals surface area (Å²) in [6, 6.07) is 6.21. The van der Waals surface area contributed by atoms with Gasteiger partial charge in [-0.2, -0.15) is 0 Å². The molecular formula is C12H10N2O5S2. The van der Waals surface area contributed by atoms with Crippen LogP contribution in [-0.4, -0.2) is 25.3 Å². The largest absolute Gasteiger partial charge is 0.426 e. The maximum absolute atomic E-state index is 12.1. The molecule has 2 aromatic rings. The Balaban J connectivity index is 2.21. The lowest BCUT2D eigenvalue weighted by Crippen LogP contribution is -2.14. The minimum absolute atomic E-state index is 0.0496. The van der Waals surface area contributed by atoms with Gasteiger partial charge in [0.15, 0.2) is 15.8 Å². The summed E-state index contributed by atoms with van der Waals surface area (Å²) in [5, 5.41) is 2.60. The molecule has 1 heterocycles. The van der Waals surface area contributed by atoms with Crippen LogP contribution in [0.15, 0.2) is 34.7 Å². The Morgan fingerprint density at radius 2 is 2.00 bits per heavy atom. The number of thiazole rings is 1. The maximum atomic E-state index is 12.1. The van der Waals surface area contributed by atoms with Crippen LogP contribution in [-0.2, 0) is 15.5 Å². The summed E-state index contributed by atoms with van der Waals surface area (Å²) in [4.78, 5) is 26.9. The van der Waals surface area contributed by atoms with Crippen molar-refractivity contribution in [1.82, 2.24) is 4.98 Å². The minimum atomic E-state index is -2.74. The highest BCUT2D eigenvalue weighted by atomic mass is 32.2. The molecule has 110 valence electrons. The summed E-state index contributed by atoms with van der Waals surface area (Å²) in [6.45, 7) is 1.23. The Kier molecular flexibility index (Phi) is 4.66. The second kappa shape index (κ2) is 6.46. The number of carbonyl (C=O) groups is 2. The number of thiol groups is 1. The monoisotopic (exact) mass is 326 g/mol. The topological polar surface area (TPSA) is 102 Å². The predicted molar refractivity (Wildman–Crippen MR) is 76.4 cm³/mol. The van der Waals surface area contributed by atoms with Gasteiger partial charge in [-0.05, 0) is 12.1 Å². The van der Waals surface area contributed by atoms with Gasteiger partial charge < -0.3 is 4.74 Å². The number of benzene rings is 1. The number of para-hydroxylation sites is 1. The number of esters is 1. The van der Waals surface area contributed by atoms with Crippen LogP contribution in [0.5, 0.6) is 5.75 Å². The lowest BCUT2D eigenvalue weighted by Gasteiger charge is -2.07. The van der Waals surface area contributed by atoms with Crippen molar-refractivity contribution >= 4 is 39.0 Å². The highest BCUT2D eigenvalue weighted by molar-refractivity contribution is 7.75. The zero-order valence-corrected chi connectivity index (χ0v) is 12.4. The zero-order chi connectivity index (χ0) is 15.4. The summed E-state index contributed by atoms with van der Waals surface area (Å²) in [5.41, 5.74) is 0.149. The van der Waals surface area contributed by atoms with Crippen molar-refractivity contribution in [2.45, 2.75) is 11.1 Å². The molecule has 1 aromatic carbocycles. The van der Waals surface area contributed by atoms with E-state index in [9.17, 15) is 18.0 Å². The molecule has 0 aliphatic carbocycles.